The third kappa shape index (κ3) is 3.42. The average Bonchev–Trinajstić information content (AvgIpc) is 2.52. The maximum Gasteiger partial charge on any atom is 0.333 e. The van der Waals surface area contributed by atoms with Crippen LogP contribution in [-0.4, -0.2) is 19.1 Å². The monoisotopic (exact) mass is 288 g/mol. The molecule has 6 heteroatoms. The summed E-state index contributed by atoms with van der Waals surface area (Å²) in [6, 6.07) is 12.4. The fraction of sp³-hybridized carbons (Fsp3) is 0.200. The van der Waals surface area contributed by atoms with E-state index in [1.807, 2.05) is 24.3 Å². The van der Waals surface area contributed by atoms with Crippen LogP contribution in [0.4, 0.5) is 11.4 Å². The van der Waals surface area contributed by atoms with E-state index >= 15 is 0 Å². The average molecular weight is 288 g/mol. The van der Waals surface area contributed by atoms with Crippen molar-refractivity contribution in [3.05, 3.63) is 58.1 Å². The second-order valence-electron chi connectivity index (χ2n) is 4.32. The lowest BCUT2D eigenvalue weighted by molar-refractivity contribution is -0.384. The molecule has 2 aromatic rings. The van der Waals surface area contributed by atoms with Gasteiger partial charge in [-0.25, -0.2) is 0 Å². The quantitative estimate of drug-likeness (QED) is 0.652. The van der Waals surface area contributed by atoms with Gasteiger partial charge in [0, 0.05) is 6.54 Å². The minimum atomic E-state index is -0.452. The summed E-state index contributed by atoms with van der Waals surface area (Å²) in [7, 11) is 3.01. The number of rotatable bonds is 6. The normalized spacial score (nSPS) is 10.0. The third-order valence-electron chi connectivity index (χ3n) is 3.02. The minimum absolute atomic E-state index is 0.0668. The predicted octanol–water partition coefficient (Wildman–Crippen LogP) is 3.22. The van der Waals surface area contributed by atoms with Crippen LogP contribution >= 0.6 is 0 Å². The lowest BCUT2D eigenvalue weighted by atomic mass is 10.2. The minimum Gasteiger partial charge on any atom is -0.497 e. The molecule has 0 radical (unpaired) electrons. The highest BCUT2D eigenvalue weighted by Gasteiger charge is 2.20. The van der Waals surface area contributed by atoms with E-state index in [4.69, 9.17) is 9.47 Å². The molecule has 0 atom stereocenters. The number of ether oxygens (including phenoxy) is 2. The van der Waals surface area contributed by atoms with Crippen molar-refractivity contribution in [1.82, 2.24) is 0 Å². The van der Waals surface area contributed by atoms with Crippen LogP contribution in [0.1, 0.15) is 5.56 Å². The molecule has 6 nitrogen and oxygen atoms in total. The van der Waals surface area contributed by atoms with Crippen molar-refractivity contribution in [2.24, 2.45) is 0 Å². The summed E-state index contributed by atoms with van der Waals surface area (Å²) in [6.07, 6.45) is 0. The van der Waals surface area contributed by atoms with Gasteiger partial charge in [-0.15, -0.1) is 0 Å². The van der Waals surface area contributed by atoms with Gasteiger partial charge < -0.3 is 14.8 Å². The molecule has 0 aliphatic rings. The highest BCUT2D eigenvalue weighted by molar-refractivity contribution is 5.68. The van der Waals surface area contributed by atoms with Gasteiger partial charge in [0.2, 0.25) is 0 Å². The lowest BCUT2D eigenvalue weighted by Crippen LogP contribution is -2.04. The second kappa shape index (κ2) is 6.60. The molecule has 0 saturated heterocycles. The molecular weight excluding hydrogens is 272 g/mol. The van der Waals surface area contributed by atoms with E-state index in [9.17, 15) is 10.1 Å². The van der Waals surface area contributed by atoms with Crippen LogP contribution in [0.5, 0.6) is 11.5 Å². The summed E-state index contributed by atoms with van der Waals surface area (Å²) in [5.74, 6) is 0.977. The molecule has 2 rings (SSSR count). The fourth-order valence-electron chi connectivity index (χ4n) is 2.00. The van der Waals surface area contributed by atoms with Gasteiger partial charge in [-0.2, -0.15) is 0 Å². The van der Waals surface area contributed by atoms with Crippen LogP contribution in [0, 0.1) is 10.1 Å². The van der Waals surface area contributed by atoms with Crippen LogP contribution in [0.15, 0.2) is 42.5 Å². The predicted molar refractivity (Wildman–Crippen MR) is 80.0 cm³/mol. The first-order valence-corrected chi connectivity index (χ1v) is 6.34. The first-order valence-electron chi connectivity index (χ1n) is 6.34. The van der Waals surface area contributed by atoms with Gasteiger partial charge in [-0.05, 0) is 29.8 Å². The maximum absolute atomic E-state index is 11.2. The molecule has 0 spiro atoms. The Bertz CT molecular complexity index is 643. The van der Waals surface area contributed by atoms with E-state index in [0.717, 1.165) is 11.3 Å². The largest absolute Gasteiger partial charge is 0.497 e. The second-order valence-corrected chi connectivity index (χ2v) is 4.32. The molecule has 0 bridgehead atoms. The van der Waals surface area contributed by atoms with E-state index in [1.165, 1.54) is 7.11 Å². The number of anilines is 1. The Morgan fingerprint density at radius 3 is 2.57 bits per heavy atom. The van der Waals surface area contributed by atoms with Crippen LogP contribution in [-0.2, 0) is 6.54 Å². The van der Waals surface area contributed by atoms with Crippen molar-refractivity contribution in [3.8, 4) is 11.5 Å². The summed E-state index contributed by atoms with van der Waals surface area (Å²) >= 11 is 0. The summed E-state index contributed by atoms with van der Waals surface area (Å²) < 4.78 is 10.2. The molecule has 0 amide bonds. The summed E-state index contributed by atoms with van der Waals surface area (Å²) in [4.78, 5) is 10.7. The SMILES string of the molecule is COc1cccc(CNc2cccc(OC)c2[N+](=O)[O-])c1. The number of hydrogen-bond acceptors (Lipinski definition) is 5. The van der Waals surface area contributed by atoms with E-state index in [1.54, 1.807) is 25.3 Å². The van der Waals surface area contributed by atoms with Crippen molar-refractivity contribution in [2.75, 3.05) is 19.5 Å². The summed E-state index contributed by atoms with van der Waals surface area (Å²) in [5.41, 5.74) is 1.32. The molecule has 21 heavy (non-hydrogen) atoms. The number of nitro benzene ring substituents is 1. The van der Waals surface area contributed by atoms with Gasteiger partial charge in [0.25, 0.3) is 0 Å². The molecule has 0 unspecified atom stereocenters. The number of benzene rings is 2. The van der Waals surface area contributed by atoms with Gasteiger partial charge in [0.15, 0.2) is 5.75 Å². The zero-order valence-electron chi connectivity index (χ0n) is 11.8. The zero-order valence-corrected chi connectivity index (χ0v) is 11.8. The van der Waals surface area contributed by atoms with Crippen molar-refractivity contribution in [2.45, 2.75) is 6.54 Å². The zero-order chi connectivity index (χ0) is 15.2. The van der Waals surface area contributed by atoms with E-state index in [-0.39, 0.29) is 11.4 Å². The molecular formula is C15H16N2O4. The Morgan fingerprint density at radius 2 is 1.90 bits per heavy atom. The molecule has 0 saturated carbocycles. The van der Waals surface area contributed by atoms with Crippen molar-refractivity contribution < 1.29 is 14.4 Å². The topological polar surface area (TPSA) is 73.6 Å². The molecule has 1 N–H and O–H groups in total. The lowest BCUT2D eigenvalue weighted by Gasteiger charge is -2.10. The number of para-hydroxylation sites is 1. The Hall–Kier alpha value is -2.76. The molecule has 0 fully saturated rings. The van der Waals surface area contributed by atoms with Crippen LogP contribution < -0.4 is 14.8 Å². The highest BCUT2D eigenvalue weighted by Crippen LogP contribution is 2.34. The van der Waals surface area contributed by atoms with Gasteiger partial charge in [0.05, 0.1) is 19.1 Å². The molecule has 0 heterocycles. The first-order chi connectivity index (χ1) is 10.2. The third-order valence-corrected chi connectivity index (χ3v) is 3.02. The highest BCUT2D eigenvalue weighted by atomic mass is 16.6. The maximum atomic E-state index is 11.2. The molecule has 0 aliphatic carbocycles. The smallest absolute Gasteiger partial charge is 0.333 e. The number of hydrogen-bond donors (Lipinski definition) is 1. The van der Waals surface area contributed by atoms with E-state index in [0.29, 0.717) is 12.2 Å². The number of nitrogens with one attached hydrogen (secondary N) is 1. The molecule has 0 aliphatic heterocycles. The van der Waals surface area contributed by atoms with Crippen LogP contribution in [0.25, 0.3) is 0 Å². The van der Waals surface area contributed by atoms with Crippen LogP contribution in [0.2, 0.25) is 0 Å². The van der Waals surface area contributed by atoms with Crippen LogP contribution in [0.3, 0.4) is 0 Å². The van der Waals surface area contributed by atoms with Gasteiger partial charge >= 0.3 is 5.69 Å². The molecule has 110 valence electrons. The van der Waals surface area contributed by atoms with Gasteiger partial charge in [-0.3, -0.25) is 10.1 Å². The Labute approximate surface area is 122 Å². The first kappa shape index (κ1) is 14.6. The van der Waals surface area contributed by atoms with E-state index < -0.39 is 4.92 Å². The molecule has 2 aromatic carbocycles. The fourth-order valence-corrected chi connectivity index (χ4v) is 2.00. The van der Waals surface area contributed by atoms with Gasteiger partial charge in [0.1, 0.15) is 11.4 Å². The summed E-state index contributed by atoms with van der Waals surface area (Å²) in [6.45, 7) is 0.450. The number of nitrogens with zero attached hydrogens (tertiary/aromatic N) is 1. The van der Waals surface area contributed by atoms with Crippen molar-refractivity contribution in [1.29, 1.82) is 0 Å². The Morgan fingerprint density at radius 1 is 1.14 bits per heavy atom. The van der Waals surface area contributed by atoms with E-state index in [2.05, 4.69) is 5.32 Å². The van der Waals surface area contributed by atoms with Crippen molar-refractivity contribution in [3.63, 3.8) is 0 Å². The Balaban J connectivity index is 2.21. The summed E-state index contributed by atoms with van der Waals surface area (Å²) in [5, 5.41) is 14.2. The van der Waals surface area contributed by atoms with Crippen molar-refractivity contribution >= 4 is 11.4 Å². The standard InChI is InChI=1S/C15H16N2O4/c1-20-12-6-3-5-11(9-12)10-16-13-7-4-8-14(21-2)15(13)17(18)19/h3-9,16H,10H2,1-2H3. The number of methoxy groups -OCH3 is 2. The Kier molecular flexibility index (Phi) is 4.61. The molecule has 0 aromatic heterocycles. The number of nitro groups is 1. The van der Waals surface area contributed by atoms with Gasteiger partial charge in [-0.1, -0.05) is 18.2 Å².